The predicted molar refractivity (Wildman–Crippen MR) is 75.5 cm³/mol. The number of amides is 2. The Balaban J connectivity index is 1.86. The fraction of sp³-hybridized carbons (Fsp3) is 0.846. The number of carboxylic acids is 1. The van der Waals surface area contributed by atoms with Crippen molar-refractivity contribution < 1.29 is 14.7 Å². The van der Waals surface area contributed by atoms with Crippen LogP contribution in [-0.2, 0) is 4.79 Å². The van der Waals surface area contributed by atoms with Crippen molar-refractivity contribution in [3.63, 3.8) is 0 Å². The van der Waals surface area contributed by atoms with Gasteiger partial charge in [0.15, 0.2) is 0 Å². The largest absolute Gasteiger partial charge is 0.481 e. The van der Waals surface area contributed by atoms with Gasteiger partial charge in [0.25, 0.3) is 0 Å². The average Bonchev–Trinajstić information content (AvgIpc) is 2.77. The number of urea groups is 1. The van der Waals surface area contributed by atoms with Crippen LogP contribution in [0.1, 0.15) is 44.9 Å². The van der Waals surface area contributed by atoms with E-state index in [2.05, 4.69) is 10.6 Å². The van der Waals surface area contributed by atoms with Gasteiger partial charge in [-0.25, -0.2) is 4.79 Å². The molecular formula is C13H22N2O3S. The Morgan fingerprint density at radius 3 is 2.58 bits per heavy atom. The van der Waals surface area contributed by atoms with Crippen LogP contribution in [0.3, 0.4) is 0 Å². The highest BCUT2D eigenvalue weighted by Gasteiger charge is 2.37. The van der Waals surface area contributed by atoms with Gasteiger partial charge in [-0.15, -0.1) is 0 Å². The van der Waals surface area contributed by atoms with Crippen molar-refractivity contribution in [2.45, 2.75) is 56.5 Å². The monoisotopic (exact) mass is 286 g/mol. The van der Waals surface area contributed by atoms with Gasteiger partial charge in [0.2, 0.25) is 0 Å². The molecule has 0 aromatic heterocycles. The number of aliphatic carboxylic acids is 1. The second kappa shape index (κ2) is 6.50. The summed E-state index contributed by atoms with van der Waals surface area (Å²) in [5.74, 6) is 1.29. The maximum absolute atomic E-state index is 12.0. The molecule has 0 bridgehead atoms. The van der Waals surface area contributed by atoms with Crippen molar-refractivity contribution in [3.05, 3.63) is 0 Å². The maximum atomic E-state index is 12.0. The Labute approximate surface area is 117 Å². The quantitative estimate of drug-likeness (QED) is 0.738. The molecule has 2 aliphatic rings. The predicted octanol–water partition coefficient (Wildman–Crippen LogP) is 1.97. The van der Waals surface area contributed by atoms with E-state index in [-0.39, 0.29) is 18.5 Å². The minimum Gasteiger partial charge on any atom is -0.481 e. The van der Waals surface area contributed by atoms with Crippen LogP contribution in [-0.4, -0.2) is 40.2 Å². The van der Waals surface area contributed by atoms with Gasteiger partial charge in [0.05, 0.1) is 12.0 Å². The van der Waals surface area contributed by atoms with Crippen molar-refractivity contribution in [2.75, 3.05) is 11.5 Å². The van der Waals surface area contributed by atoms with Gasteiger partial charge in [-0.3, -0.25) is 4.79 Å². The van der Waals surface area contributed by atoms with Gasteiger partial charge in [-0.05, 0) is 31.4 Å². The zero-order chi connectivity index (χ0) is 13.7. The van der Waals surface area contributed by atoms with E-state index in [1.807, 2.05) is 11.8 Å². The molecule has 1 aliphatic carbocycles. The second-order valence-electron chi connectivity index (χ2n) is 5.57. The van der Waals surface area contributed by atoms with Crippen molar-refractivity contribution in [2.24, 2.45) is 0 Å². The lowest BCUT2D eigenvalue weighted by molar-refractivity contribution is -0.138. The number of thioether (sulfide) groups is 1. The number of carboxylic acid groups (broad SMARTS) is 1. The standard InChI is InChI=1S/C13H22N2O3S/c16-11(17)8-13(5-1-2-6-13)15-12(18)14-10-4-3-7-19-9-10/h10H,1-9H2,(H,16,17)(H2,14,15,18). The molecule has 0 aromatic rings. The van der Waals surface area contributed by atoms with Crippen molar-refractivity contribution in [1.82, 2.24) is 10.6 Å². The van der Waals surface area contributed by atoms with E-state index in [9.17, 15) is 9.59 Å². The number of carbonyl (C=O) groups excluding carboxylic acids is 1. The molecule has 6 heteroatoms. The SMILES string of the molecule is O=C(O)CC1(NC(=O)NC2CCCSC2)CCCC1. The first-order valence-electron chi connectivity index (χ1n) is 6.98. The molecule has 0 aromatic carbocycles. The molecule has 1 saturated carbocycles. The molecule has 1 heterocycles. The summed E-state index contributed by atoms with van der Waals surface area (Å²) < 4.78 is 0. The Hall–Kier alpha value is -0.910. The minimum atomic E-state index is -0.838. The zero-order valence-corrected chi connectivity index (χ0v) is 11.9. The van der Waals surface area contributed by atoms with Gasteiger partial charge in [-0.1, -0.05) is 12.8 Å². The number of rotatable bonds is 4. The highest BCUT2D eigenvalue weighted by Crippen LogP contribution is 2.32. The second-order valence-corrected chi connectivity index (χ2v) is 6.72. The van der Waals surface area contributed by atoms with Crippen LogP contribution < -0.4 is 10.6 Å². The fourth-order valence-electron chi connectivity index (χ4n) is 3.00. The minimum absolute atomic E-state index is 0.0276. The highest BCUT2D eigenvalue weighted by molar-refractivity contribution is 7.99. The van der Waals surface area contributed by atoms with Crippen molar-refractivity contribution in [3.8, 4) is 0 Å². The average molecular weight is 286 g/mol. The summed E-state index contributed by atoms with van der Waals surface area (Å²) in [6, 6.07) is 0.0256. The molecule has 0 radical (unpaired) electrons. The summed E-state index contributed by atoms with van der Waals surface area (Å²) in [5.41, 5.74) is -0.530. The van der Waals surface area contributed by atoms with Gasteiger partial charge >= 0.3 is 12.0 Å². The van der Waals surface area contributed by atoms with Crippen LogP contribution in [0.5, 0.6) is 0 Å². The molecule has 2 fully saturated rings. The van der Waals surface area contributed by atoms with Crippen LogP contribution in [0.25, 0.3) is 0 Å². The molecule has 0 spiro atoms. The summed E-state index contributed by atoms with van der Waals surface area (Å²) in [5, 5.41) is 14.9. The van der Waals surface area contributed by atoms with Gasteiger partial charge in [-0.2, -0.15) is 11.8 Å². The van der Waals surface area contributed by atoms with Gasteiger partial charge < -0.3 is 15.7 Å². The number of nitrogens with one attached hydrogen (secondary N) is 2. The Kier molecular flexibility index (Phi) is 4.96. The summed E-state index contributed by atoms with van der Waals surface area (Å²) in [6.07, 6.45) is 5.71. The first-order chi connectivity index (χ1) is 9.10. The van der Waals surface area contributed by atoms with Crippen LogP contribution in [0.2, 0.25) is 0 Å². The van der Waals surface area contributed by atoms with E-state index in [4.69, 9.17) is 5.11 Å². The summed E-state index contributed by atoms with van der Waals surface area (Å²) in [6.45, 7) is 0. The fourth-order valence-corrected chi connectivity index (χ4v) is 4.08. The van der Waals surface area contributed by atoms with Gasteiger partial charge in [0, 0.05) is 11.8 Å². The smallest absolute Gasteiger partial charge is 0.315 e. The van der Waals surface area contributed by atoms with E-state index >= 15 is 0 Å². The first-order valence-corrected chi connectivity index (χ1v) is 8.13. The first kappa shape index (κ1) is 14.5. The molecule has 108 valence electrons. The van der Waals surface area contributed by atoms with E-state index in [0.29, 0.717) is 0 Å². The maximum Gasteiger partial charge on any atom is 0.315 e. The lowest BCUT2D eigenvalue weighted by Gasteiger charge is -2.30. The van der Waals surface area contributed by atoms with E-state index < -0.39 is 11.5 Å². The third kappa shape index (κ3) is 4.30. The normalized spacial score (nSPS) is 25.8. The van der Waals surface area contributed by atoms with Crippen molar-refractivity contribution >= 4 is 23.8 Å². The lowest BCUT2D eigenvalue weighted by atomic mass is 9.93. The van der Waals surface area contributed by atoms with Crippen LogP contribution in [0, 0.1) is 0 Å². The zero-order valence-electron chi connectivity index (χ0n) is 11.1. The van der Waals surface area contributed by atoms with E-state index in [1.54, 1.807) is 0 Å². The molecule has 19 heavy (non-hydrogen) atoms. The summed E-state index contributed by atoms with van der Waals surface area (Å²) >= 11 is 1.86. The van der Waals surface area contributed by atoms with Crippen LogP contribution >= 0.6 is 11.8 Å². The lowest BCUT2D eigenvalue weighted by Crippen LogP contribution is -2.54. The highest BCUT2D eigenvalue weighted by atomic mass is 32.2. The van der Waals surface area contributed by atoms with Crippen LogP contribution in [0.4, 0.5) is 4.79 Å². The van der Waals surface area contributed by atoms with E-state index in [0.717, 1.165) is 44.3 Å². The molecule has 2 amide bonds. The van der Waals surface area contributed by atoms with Crippen LogP contribution in [0.15, 0.2) is 0 Å². The Bertz CT molecular complexity index is 337. The summed E-state index contributed by atoms with van der Waals surface area (Å²) in [7, 11) is 0. The van der Waals surface area contributed by atoms with Crippen molar-refractivity contribution in [1.29, 1.82) is 0 Å². The van der Waals surface area contributed by atoms with Gasteiger partial charge in [0.1, 0.15) is 0 Å². The molecule has 1 unspecified atom stereocenters. The molecule has 2 rings (SSSR count). The number of hydrogen-bond donors (Lipinski definition) is 3. The Morgan fingerprint density at radius 1 is 1.26 bits per heavy atom. The third-order valence-corrected chi connectivity index (χ3v) is 5.14. The Morgan fingerprint density at radius 2 is 2.00 bits per heavy atom. The number of hydrogen-bond acceptors (Lipinski definition) is 3. The molecule has 3 N–H and O–H groups in total. The molecule has 1 saturated heterocycles. The third-order valence-electron chi connectivity index (χ3n) is 3.92. The number of carbonyl (C=O) groups is 2. The topological polar surface area (TPSA) is 78.4 Å². The van der Waals surface area contributed by atoms with E-state index in [1.165, 1.54) is 5.75 Å². The molecule has 1 atom stereocenters. The molecule has 5 nitrogen and oxygen atoms in total. The summed E-state index contributed by atoms with van der Waals surface area (Å²) in [4.78, 5) is 23.0. The molecule has 1 aliphatic heterocycles. The molecular weight excluding hydrogens is 264 g/mol.